The average molecular weight is 244 g/mol. The Bertz CT molecular complexity index is 203. The van der Waals surface area contributed by atoms with Crippen LogP contribution >= 0.6 is 11.8 Å². The van der Waals surface area contributed by atoms with Crippen LogP contribution in [0.2, 0.25) is 0 Å². The van der Waals surface area contributed by atoms with Crippen LogP contribution in [0, 0.1) is 0 Å². The van der Waals surface area contributed by atoms with Crippen LogP contribution in [0.1, 0.15) is 39.0 Å². The van der Waals surface area contributed by atoms with Crippen molar-refractivity contribution in [1.82, 2.24) is 4.90 Å². The molecule has 1 fully saturated rings. The maximum Gasteiger partial charge on any atom is 0.232 e. The fraction of sp³-hybridized carbons (Fsp3) is 0.917. The van der Waals surface area contributed by atoms with Crippen molar-refractivity contribution in [2.24, 2.45) is 5.73 Å². The Morgan fingerprint density at radius 3 is 2.50 bits per heavy atom. The highest BCUT2D eigenvalue weighted by atomic mass is 32.2. The van der Waals surface area contributed by atoms with Gasteiger partial charge in [0.25, 0.3) is 0 Å². The first-order valence-corrected chi connectivity index (χ1v) is 7.38. The minimum Gasteiger partial charge on any atom is -0.342 e. The summed E-state index contributed by atoms with van der Waals surface area (Å²) in [5.41, 5.74) is 5.49. The number of rotatable bonds is 5. The summed E-state index contributed by atoms with van der Waals surface area (Å²) >= 11 is 1.74. The molecule has 0 aromatic carbocycles. The number of likely N-dealkylation sites (tertiary alicyclic amines) is 1. The summed E-state index contributed by atoms with van der Waals surface area (Å²) < 4.78 is 0. The van der Waals surface area contributed by atoms with Gasteiger partial charge < -0.3 is 10.6 Å². The zero-order valence-electron chi connectivity index (χ0n) is 10.3. The summed E-state index contributed by atoms with van der Waals surface area (Å²) in [5, 5.41) is 0.501. The van der Waals surface area contributed by atoms with E-state index in [1.54, 1.807) is 11.8 Å². The van der Waals surface area contributed by atoms with Crippen molar-refractivity contribution in [1.29, 1.82) is 0 Å². The van der Waals surface area contributed by atoms with Gasteiger partial charge in [0.1, 0.15) is 0 Å². The lowest BCUT2D eigenvalue weighted by Crippen LogP contribution is -2.33. The Morgan fingerprint density at radius 2 is 1.94 bits per heavy atom. The quantitative estimate of drug-likeness (QED) is 0.803. The highest BCUT2D eigenvalue weighted by Gasteiger charge is 2.16. The normalized spacial score (nSPS) is 19.2. The first kappa shape index (κ1) is 13.8. The summed E-state index contributed by atoms with van der Waals surface area (Å²) in [6.45, 7) is 4.79. The molecule has 0 aromatic heterocycles. The monoisotopic (exact) mass is 244 g/mol. The predicted octanol–water partition coefficient (Wildman–Crippen LogP) is 1.86. The van der Waals surface area contributed by atoms with E-state index in [-0.39, 0.29) is 0 Å². The minimum absolute atomic E-state index is 0.316. The third-order valence-electron chi connectivity index (χ3n) is 3.02. The maximum atomic E-state index is 11.9. The van der Waals surface area contributed by atoms with Crippen molar-refractivity contribution < 1.29 is 4.79 Å². The Kier molecular flexibility index (Phi) is 6.88. The molecule has 4 heteroatoms. The molecule has 1 aliphatic rings. The van der Waals surface area contributed by atoms with Gasteiger partial charge >= 0.3 is 0 Å². The van der Waals surface area contributed by atoms with Crippen LogP contribution in [0.5, 0.6) is 0 Å². The topological polar surface area (TPSA) is 46.3 Å². The third kappa shape index (κ3) is 5.21. The number of nitrogens with two attached hydrogens (primary N) is 1. The van der Waals surface area contributed by atoms with Gasteiger partial charge in [-0.3, -0.25) is 4.79 Å². The van der Waals surface area contributed by atoms with Crippen molar-refractivity contribution in [2.45, 2.75) is 44.3 Å². The van der Waals surface area contributed by atoms with Crippen molar-refractivity contribution >= 4 is 17.7 Å². The van der Waals surface area contributed by atoms with Crippen molar-refractivity contribution in [3.05, 3.63) is 0 Å². The number of amides is 1. The molecule has 0 aromatic rings. The van der Waals surface area contributed by atoms with E-state index < -0.39 is 0 Å². The molecule has 0 saturated carbocycles. The molecule has 0 aliphatic carbocycles. The van der Waals surface area contributed by atoms with E-state index in [9.17, 15) is 4.79 Å². The fourth-order valence-electron chi connectivity index (χ4n) is 1.94. The van der Waals surface area contributed by atoms with Crippen LogP contribution in [0.15, 0.2) is 0 Å². The average Bonchev–Trinajstić information content (AvgIpc) is 2.55. The Morgan fingerprint density at radius 1 is 1.31 bits per heavy atom. The van der Waals surface area contributed by atoms with Gasteiger partial charge in [-0.05, 0) is 25.8 Å². The van der Waals surface area contributed by atoms with E-state index in [0.29, 0.717) is 23.5 Å². The van der Waals surface area contributed by atoms with Crippen molar-refractivity contribution in [2.75, 3.05) is 25.4 Å². The van der Waals surface area contributed by atoms with E-state index in [1.807, 2.05) is 4.90 Å². The van der Waals surface area contributed by atoms with Crippen LogP contribution in [0.25, 0.3) is 0 Å². The van der Waals surface area contributed by atoms with Gasteiger partial charge in [0.05, 0.1) is 5.75 Å². The van der Waals surface area contributed by atoms with E-state index in [2.05, 4.69) is 6.92 Å². The van der Waals surface area contributed by atoms with Crippen LogP contribution in [0.3, 0.4) is 0 Å². The Hall–Kier alpha value is -0.220. The molecule has 0 bridgehead atoms. The zero-order valence-corrected chi connectivity index (χ0v) is 11.1. The number of carbonyl (C=O) groups excluding carboxylic acids is 1. The highest BCUT2D eigenvalue weighted by Crippen LogP contribution is 2.16. The Labute approximate surface area is 103 Å². The van der Waals surface area contributed by atoms with E-state index in [1.165, 1.54) is 25.7 Å². The lowest BCUT2D eigenvalue weighted by molar-refractivity contribution is -0.128. The van der Waals surface area contributed by atoms with E-state index in [0.717, 1.165) is 19.5 Å². The largest absolute Gasteiger partial charge is 0.342 e. The lowest BCUT2D eigenvalue weighted by Gasteiger charge is -2.21. The molecule has 2 N–H and O–H groups in total. The molecule has 0 spiro atoms. The number of hydrogen-bond donors (Lipinski definition) is 1. The molecule has 3 nitrogen and oxygen atoms in total. The van der Waals surface area contributed by atoms with E-state index >= 15 is 0 Å². The smallest absolute Gasteiger partial charge is 0.232 e. The first-order valence-electron chi connectivity index (χ1n) is 6.33. The molecule has 1 unspecified atom stereocenters. The first-order chi connectivity index (χ1) is 7.74. The number of thioether (sulfide) groups is 1. The van der Waals surface area contributed by atoms with Crippen LogP contribution < -0.4 is 5.73 Å². The number of nitrogens with zero attached hydrogens (tertiary/aromatic N) is 1. The summed E-state index contributed by atoms with van der Waals surface area (Å²) in [5.74, 6) is 0.942. The SMILES string of the molecule is CC(CCN)SCC(=O)N1CCCCCC1. The maximum absolute atomic E-state index is 11.9. The molecule has 0 radical (unpaired) electrons. The molecule has 1 rings (SSSR count). The number of hydrogen-bond acceptors (Lipinski definition) is 3. The summed E-state index contributed by atoms with van der Waals surface area (Å²) in [7, 11) is 0. The van der Waals surface area contributed by atoms with Gasteiger partial charge in [0, 0.05) is 18.3 Å². The molecule has 1 saturated heterocycles. The standard InChI is InChI=1S/C12H24N2OS/c1-11(6-7-13)16-10-12(15)14-8-4-2-3-5-9-14/h11H,2-10,13H2,1H3. The molecule has 1 atom stereocenters. The van der Waals surface area contributed by atoms with Gasteiger partial charge in [-0.15, -0.1) is 11.8 Å². The molecule has 16 heavy (non-hydrogen) atoms. The van der Waals surface area contributed by atoms with Crippen LogP contribution in [0.4, 0.5) is 0 Å². The molecule has 1 aliphatic heterocycles. The van der Waals surface area contributed by atoms with E-state index in [4.69, 9.17) is 5.73 Å². The molecule has 1 heterocycles. The second kappa shape index (κ2) is 7.96. The predicted molar refractivity (Wildman–Crippen MR) is 70.6 cm³/mol. The molecule has 94 valence electrons. The summed E-state index contributed by atoms with van der Waals surface area (Å²) in [6.07, 6.45) is 5.91. The minimum atomic E-state index is 0.316. The zero-order chi connectivity index (χ0) is 11.8. The second-order valence-electron chi connectivity index (χ2n) is 4.49. The Balaban J connectivity index is 2.22. The lowest BCUT2D eigenvalue weighted by atomic mass is 10.2. The van der Waals surface area contributed by atoms with Crippen LogP contribution in [-0.4, -0.2) is 41.4 Å². The van der Waals surface area contributed by atoms with Gasteiger partial charge in [0.2, 0.25) is 5.91 Å². The fourth-order valence-corrected chi connectivity index (χ4v) is 2.86. The number of carbonyl (C=O) groups is 1. The van der Waals surface area contributed by atoms with Gasteiger partial charge in [0.15, 0.2) is 0 Å². The molecular weight excluding hydrogens is 220 g/mol. The van der Waals surface area contributed by atoms with Gasteiger partial charge in [-0.1, -0.05) is 19.8 Å². The summed E-state index contributed by atoms with van der Waals surface area (Å²) in [6, 6.07) is 0. The second-order valence-corrected chi connectivity index (χ2v) is 5.92. The summed E-state index contributed by atoms with van der Waals surface area (Å²) in [4.78, 5) is 14.0. The molecule has 1 amide bonds. The van der Waals surface area contributed by atoms with Crippen molar-refractivity contribution in [3.63, 3.8) is 0 Å². The van der Waals surface area contributed by atoms with Gasteiger partial charge in [-0.2, -0.15) is 0 Å². The van der Waals surface area contributed by atoms with Gasteiger partial charge in [-0.25, -0.2) is 0 Å². The van der Waals surface area contributed by atoms with Crippen LogP contribution in [-0.2, 0) is 4.79 Å². The molecular formula is C12H24N2OS. The third-order valence-corrected chi connectivity index (χ3v) is 4.24. The van der Waals surface area contributed by atoms with Crippen molar-refractivity contribution in [3.8, 4) is 0 Å². The highest BCUT2D eigenvalue weighted by molar-refractivity contribution is 8.00.